The lowest BCUT2D eigenvalue weighted by Crippen LogP contribution is -2.27. The van der Waals surface area contributed by atoms with Crippen LogP contribution in [0.15, 0.2) is 93.9 Å². The molecule has 1 aromatic heterocycles. The van der Waals surface area contributed by atoms with Gasteiger partial charge in [-0.2, -0.15) is 15.3 Å². The fraction of sp³-hybridized carbons (Fsp3) is 0.0870. The summed E-state index contributed by atoms with van der Waals surface area (Å²) in [6.07, 6.45) is 0. The first kappa shape index (κ1) is 19.2. The number of azo groups is 1. The van der Waals surface area contributed by atoms with E-state index in [9.17, 15) is 9.59 Å². The average molecular weight is 397 g/mol. The normalized spacial score (nSPS) is 11.1. The Kier molecular flexibility index (Phi) is 5.43. The van der Waals surface area contributed by atoms with Gasteiger partial charge in [-0.3, -0.25) is 9.59 Å². The Balaban J connectivity index is 1.57. The summed E-state index contributed by atoms with van der Waals surface area (Å²) in [5.41, 5.74) is 2.02. The van der Waals surface area contributed by atoms with Crippen LogP contribution in [0.3, 0.4) is 0 Å². The van der Waals surface area contributed by atoms with Crippen LogP contribution >= 0.6 is 0 Å². The molecule has 7 nitrogen and oxygen atoms in total. The van der Waals surface area contributed by atoms with Crippen molar-refractivity contribution in [1.29, 1.82) is 0 Å². The van der Waals surface area contributed by atoms with E-state index >= 15 is 0 Å². The highest BCUT2D eigenvalue weighted by Crippen LogP contribution is 2.21. The van der Waals surface area contributed by atoms with E-state index in [0.29, 0.717) is 28.7 Å². The van der Waals surface area contributed by atoms with Gasteiger partial charge < -0.3 is 5.32 Å². The summed E-state index contributed by atoms with van der Waals surface area (Å²) < 4.78 is 1.30. The Labute approximate surface area is 172 Å². The van der Waals surface area contributed by atoms with Crippen molar-refractivity contribution in [2.45, 2.75) is 13.5 Å². The van der Waals surface area contributed by atoms with Crippen molar-refractivity contribution in [3.8, 4) is 0 Å². The lowest BCUT2D eigenvalue weighted by molar-refractivity contribution is 0.102. The molecule has 0 aliphatic rings. The number of carbonyl (C=O) groups excluding carboxylic acids is 1. The van der Waals surface area contributed by atoms with Crippen molar-refractivity contribution < 1.29 is 4.79 Å². The van der Waals surface area contributed by atoms with E-state index in [1.54, 1.807) is 48.5 Å². The van der Waals surface area contributed by atoms with E-state index in [4.69, 9.17) is 0 Å². The number of nitrogens with zero attached hydrogens (tertiary/aromatic N) is 4. The largest absolute Gasteiger partial charge is 0.321 e. The number of nitrogens with one attached hydrogen (secondary N) is 1. The van der Waals surface area contributed by atoms with Crippen molar-refractivity contribution in [3.05, 3.63) is 94.9 Å². The fourth-order valence-electron chi connectivity index (χ4n) is 3.03. The summed E-state index contributed by atoms with van der Waals surface area (Å²) in [6.45, 7) is 2.19. The van der Waals surface area contributed by atoms with Crippen LogP contribution in [0.4, 0.5) is 17.1 Å². The van der Waals surface area contributed by atoms with Gasteiger partial charge in [0.1, 0.15) is 0 Å². The van der Waals surface area contributed by atoms with E-state index in [1.165, 1.54) is 4.68 Å². The number of hydrogen-bond acceptors (Lipinski definition) is 5. The number of aryl methyl sites for hydroxylation is 1. The van der Waals surface area contributed by atoms with Crippen molar-refractivity contribution >= 4 is 33.7 Å². The first-order valence-electron chi connectivity index (χ1n) is 9.54. The summed E-state index contributed by atoms with van der Waals surface area (Å²) in [5, 5.41) is 16.4. The zero-order valence-corrected chi connectivity index (χ0v) is 16.3. The standard InChI is InChI=1S/C23H19N5O2/c1-2-28-23(30)20-11-7-6-10-19(20)21(27-28)22(29)24-16-12-14-18(15-13-16)26-25-17-8-4-3-5-9-17/h3-15H,2H2,1H3,(H,24,29). The third kappa shape index (κ3) is 4.00. The number of rotatable bonds is 5. The minimum absolute atomic E-state index is 0.208. The molecule has 0 saturated carbocycles. The Morgan fingerprint density at radius 2 is 1.47 bits per heavy atom. The molecule has 0 aliphatic carbocycles. The Morgan fingerprint density at radius 1 is 0.867 bits per heavy atom. The third-order valence-electron chi connectivity index (χ3n) is 4.54. The Hall–Kier alpha value is -4.13. The molecule has 7 heteroatoms. The highest BCUT2D eigenvalue weighted by Gasteiger charge is 2.16. The van der Waals surface area contributed by atoms with E-state index < -0.39 is 0 Å². The number of amides is 1. The smallest absolute Gasteiger partial charge is 0.276 e. The average Bonchev–Trinajstić information content (AvgIpc) is 2.80. The molecule has 0 atom stereocenters. The van der Waals surface area contributed by atoms with Gasteiger partial charge in [-0.15, -0.1) is 0 Å². The Morgan fingerprint density at radius 3 is 2.13 bits per heavy atom. The van der Waals surface area contributed by atoms with Gasteiger partial charge in [-0.1, -0.05) is 36.4 Å². The molecule has 30 heavy (non-hydrogen) atoms. The van der Waals surface area contributed by atoms with E-state index in [0.717, 1.165) is 5.69 Å². The minimum Gasteiger partial charge on any atom is -0.321 e. The van der Waals surface area contributed by atoms with Crippen LogP contribution in [-0.4, -0.2) is 15.7 Å². The molecule has 0 aliphatic heterocycles. The molecular formula is C23H19N5O2. The van der Waals surface area contributed by atoms with Gasteiger partial charge in [0.25, 0.3) is 11.5 Å². The van der Waals surface area contributed by atoms with Gasteiger partial charge in [0.15, 0.2) is 5.69 Å². The number of anilines is 1. The maximum atomic E-state index is 12.9. The van der Waals surface area contributed by atoms with E-state index in [-0.39, 0.29) is 17.2 Å². The molecule has 0 fully saturated rings. The highest BCUT2D eigenvalue weighted by molar-refractivity contribution is 6.11. The van der Waals surface area contributed by atoms with Crippen molar-refractivity contribution in [2.24, 2.45) is 10.2 Å². The molecule has 4 rings (SSSR count). The fourth-order valence-corrected chi connectivity index (χ4v) is 3.03. The van der Waals surface area contributed by atoms with Gasteiger partial charge in [-0.25, -0.2) is 4.68 Å². The topological polar surface area (TPSA) is 88.7 Å². The first-order chi connectivity index (χ1) is 14.7. The highest BCUT2D eigenvalue weighted by atomic mass is 16.2. The van der Waals surface area contributed by atoms with Crippen LogP contribution < -0.4 is 10.9 Å². The molecule has 0 spiro atoms. The molecule has 0 bridgehead atoms. The monoisotopic (exact) mass is 397 g/mol. The molecule has 0 unspecified atom stereocenters. The van der Waals surface area contributed by atoms with Crippen LogP contribution in [0.1, 0.15) is 17.4 Å². The van der Waals surface area contributed by atoms with Crippen molar-refractivity contribution in [3.63, 3.8) is 0 Å². The summed E-state index contributed by atoms with van der Waals surface area (Å²) in [4.78, 5) is 25.3. The maximum absolute atomic E-state index is 12.9. The van der Waals surface area contributed by atoms with Crippen LogP contribution in [0.25, 0.3) is 10.8 Å². The molecule has 148 valence electrons. The number of hydrogen-bond donors (Lipinski definition) is 1. The van der Waals surface area contributed by atoms with Crippen LogP contribution in [0.2, 0.25) is 0 Å². The van der Waals surface area contributed by atoms with Gasteiger partial charge in [0.05, 0.1) is 16.8 Å². The molecule has 0 radical (unpaired) electrons. The number of aromatic nitrogens is 2. The van der Waals surface area contributed by atoms with Gasteiger partial charge in [0, 0.05) is 17.6 Å². The second kappa shape index (κ2) is 8.48. The molecule has 0 saturated heterocycles. The quantitative estimate of drug-likeness (QED) is 0.476. The Bertz CT molecular complexity index is 1280. The second-order valence-electron chi connectivity index (χ2n) is 6.55. The second-order valence-corrected chi connectivity index (χ2v) is 6.55. The molecular weight excluding hydrogens is 378 g/mol. The van der Waals surface area contributed by atoms with E-state index in [2.05, 4.69) is 20.6 Å². The zero-order chi connectivity index (χ0) is 20.9. The number of carbonyl (C=O) groups is 1. The van der Waals surface area contributed by atoms with Crippen LogP contribution in [0, 0.1) is 0 Å². The molecule has 3 aromatic carbocycles. The van der Waals surface area contributed by atoms with Gasteiger partial charge in [-0.05, 0) is 49.4 Å². The lowest BCUT2D eigenvalue weighted by Gasteiger charge is -2.10. The SMILES string of the molecule is CCn1nc(C(=O)Nc2ccc(N=Nc3ccccc3)cc2)c2ccccc2c1=O. The number of fused-ring (bicyclic) bond motifs is 1. The first-order valence-corrected chi connectivity index (χ1v) is 9.54. The van der Waals surface area contributed by atoms with Gasteiger partial charge >= 0.3 is 0 Å². The summed E-state index contributed by atoms with van der Waals surface area (Å²) >= 11 is 0. The van der Waals surface area contributed by atoms with Crippen LogP contribution in [-0.2, 0) is 6.54 Å². The molecule has 4 aromatic rings. The number of benzene rings is 3. The summed E-state index contributed by atoms with van der Waals surface area (Å²) in [6, 6.07) is 23.4. The maximum Gasteiger partial charge on any atom is 0.276 e. The summed E-state index contributed by atoms with van der Waals surface area (Å²) in [5.74, 6) is -0.382. The van der Waals surface area contributed by atoms with E-state index in [1.807, 2.05) is 37.3 Å². The lowest BCUT2D eigenvalue weighted by atomic mass is 10.1. The zero-order valence-electron chi connectivity index (χ0n) is 16.3. The van der Waals surface area contributed by atoms with Gasteiger partial charge in [0.2, 0.25) is 0 Å². The molecule has 1 heterocycles. The van der Waals surface area contributed by atoms with Crippen molar-refractivity contribution in [2.75, 3.05) is 5.32 Å². The molecule has 1 N–H and O–H groups in total. The minimum atomic E-state index is -0.382. The van der Waals surface area contributed by atoms with Crippen LogP contribution in [0.5, 0.6) is 0 Å². The molecule has 1 amide bonds. The summed E-state index contributed by atoms with van der Waals surface area (Å²) in [7, 11) is 0. The predicted molar refractivity (Wildman–Crippen MR) is 117 cm³/mol. The predicted octanol–water partition coefficient (Wildman–Crippen LogP) is 5.08. The third-order valence-corrected chi connectivity index (χ3v) is 4.54. The van der Waals surface area contributed by atoms with Crippen molar-refractivity contribution in [1.82, 2.24) is 9.78 Å².